The highest BCUT2D eigenvalue weighted by Gasteiger charge is 2.23. The molecule has 1 N–H and O–H groups in total. The van der Waals surface area contributed by atoms with Crippen LogP contribution in [-0.2, 0) is 11.3 Å². The van der Waals surface area contributed by atoms with E-state index in [2.05, 4.69) is 10.3 Å². The maximum atomic E-state index is 13.8. The summed E-state index contributed by atoms with van der Waals surface area (Å²) in [7, 11) is 0. The Morgan fingerprint density at radius 2 is 2.08 bits per heavy atom. The maximum Gasteiger partial charge on any atom is 0.322 e. The molecule has 1 aromatic carbocycles. The van der Waals surface area contributed by atoms with Crippen molar-refractivity contribution in [3.05, 3.63) is 59.9 Å². The fourth-order valence-corrected chi connectivity index (χ4v) is 2.75. The van der Waals surface area contributed by atoms with Crippen molar-refractivity contribution < 1.29 is 18.3 Å². The summed E-state index contributed by atoms with van der Waals surface area (Å²) < 4.78 is 32.4. The summed E-state index contributed by atoms with van der Waals surface area (Å²) in [5.41, 5.74) is 0.848. The quantitative estimate of drug-likeness (QED) is 0.900. The molecule has 0 spiro atoms. The number of hydrogen-bond acceptors (Lipinski definition) is 3. The lowest BCUT2D eigenvalue weighted by Crippen LogP contribution is -2.39. The van der Waals surface area contributed by atoms with Crippen LogP contribution in [0.5, 0.6) is 0 Å². The Kier molecular flexibility index (Phi) is 5.55. The summed E-state index contributed by atoms with van der Waals surface area (Å²) in [6, 6.07) is 6.22. The number of urea groups is 1. The number of carbonyl (C=O) groups is 1. The van der Waals surface area contributed by atoms with Gasteiger partial charge in [0.25, 0.3) is 0 Å². The van der Waals surface area contributed by atoms with E-state index < -0.39 is 17.7 Å². The first-order valence-electron chi connectivity index (χ1n) is 8.13. The Hall–Kier alpha value is -2.54. The third kappa shape index (κ3) is 4.73. The normalized spacial score (nSPS) is 16.6. The van der Waals surface area contributed by atoms with Crippen LogP contribution in [0.1, 0.15) is 18.4 Å². The fourth-order valence-electron chi connectivity index (χ4n) is 2.75. The van der Waals surface area contributed by atoms with E-state index in [4.69, 9.17) is 4.74 Å². The van der Waals surface area contributed by atoms with Crippen LogP contribution >= 0.6 is 0 Å². The summed E-state index contributed by atoms with van der Waals surface area (Å²) in [6.07, 6.45) is 5.10. The van der Waals surface area contributed by atoms with Crippen molar-refractivity contribution in [2.45, 2.75) is 25.5 Å². The van der Waals surface area contributed by atoms with E-state index in [0.29, 0.717) is 19.7 Å². The van der Waals surface area contributed by atoms with Crippen LogP contribution in [0.25, 0.3) is 0 Å². The molecule has 3 rings (SSSR count). The van der Waals surface area contributed by atoms with Crippen LogP contribution in [0.4, 0.5) is 19.3 Å². The maximum absolute atomic E-state index is 13.8. The number of nitrogens with one attached hydrogen (secondary N) is 1. The molecule has 0 radical (unpaired) electrons. The molecule has 1 aliphatic rings. The van der Waals surface area contributed by atoms with Crippen LogP contribution in [0.15, 0.2) is 42.7 Å². The second kappa shape index (κ2) is 8.02. The molecule has 1 unspecified atom stereocenters. The third-order valence-electron chi connectivity index (χ3n) is 4.03. The number of aromatic nitrogens is 1. The van der Waals surface area contributed by atoms with Gasteiger partial charge in [0.15, 0.2) is 0 Å². The summed E-state index contributed by atoms with van der Waals surface area (Å²) in [5.74, 6) is -1.50. The van der Waals surface area contributed by atoms with E-state index >= 15 is 0 Å². The SMILES string of the molecule is O=C(Nc1ccc(F)cc1F)N(Cc1ccncc1)CC1CCCO1. The summed E-state index contributed by atoms with van der Waals surface area (Å²) in [5, 5.41) is 2.51. The lowest BCUT2D eigenvalue weighted by atomic mass is 10.2. The van der Waals surface area contributed by atoms with Gasteiger partial charge >= 0.3 is 6.03 Å². The minimum atomic E-state index is -0.811. The van der Waals surface area contributed by atoms with Gasteiger partial charge in [-0.15, -0.1) is 0 Å². The molecule has 0 bridgehead atoms. The summed E-state index contributed by atoms with van der Waals surface area (Å²) in [6.45, 7) is 1.43. The number of amides is 2. The van der Waals surface area contributed by atoms with Crippen LogP contribution in [0.2, 0.25) is 0 Å². The van der Waals surface area contributed by atoms with Crippen molar-refractivity contribution in [2.24, 2.45) is 0 Å². The molecule has 5 nitrogen and oxygen atoms in total. The molecule has 1 fully saturated rings. The number of benzene rings is 1. The van der Waals surface area contributed by atoms with E-state index in [-0.39, 0.29) is 11.8 Å². The predicted octanol–water partition coefficient (Wildman–Crippen LogP) is 3.57. The molecule has 2 amide bonds. The van der Waals surface area contributed by atoms with Gasteiger partial charge in [0.1, 0.15) is 11.6 Å². The van der Waals surface area contributed by atoms with Gasteiger partial charge < -0.3 is 15.0 Å². The molecule has 1 aromatic heterocycles. The highest BCUT2D eigenvalue weighted by atomic mass is 19.1. The molecule has 7 heteroatoms. The van der Waals surface area contributed by atoms with Gasteiger partial charge in [-0.1, -0.05) is 0 Å². The minimum absolute atomic E-state index is 0.0364. The number of rotatable bonds is 5. The van der Waals surface area contributed by atoms with E-state index in [9.17, 15) is 13.6 Å². The zero-order chi connectivity index (χ0) is 17.6. The molecule has 1 saturated heterocycles. The summed E-state index contributed by atoms with van der Waals surface area (Å²) in [4.78, 5) is 18.1. The van der Waals surface area contributed by atoms with Gasteiger partial charge in [-0.25, -0.2) is 13.6 Å². The Morgan fingerprint density at radius 3 is 2.76 bits per heavy atom. The number of hydrogen-bond donors (Lipinski definition) is 1. The van der Waals surface area contributed by atoms with Crippen molar-refractivity contribution in [3.8, 4) is 0 Å². The predicted molar refractivity (Wildman–Crippen MR) is 89.0 cm³/mol. The van der Waals surface area contributed by atoms with E-state index in [1.54, 1.807) is 17.3 Å². The number of halogens is 2. The first-order valence-corrected chi connectivity index (χ1v) is 8.13. The van der Waals surface area contributed by atoms with E-state index in [0.717, 1.165) is 30.5 Å². The molecule has 2 aromatic rings. The van der Waals surface area contributed by atoms with Gasteiger partial charge in [0.2, 0.25) is 0 Å². The number of pyridine rings is 1. The van der Waals surface area contributed by atoms with E-state index in [1.165, 1.54) is 6.07 Å². The van der Waals surface area contributed by atoms with Gasteiger partial charge in [-0.2, -0.15) is 0 Å². The lowest BCUT2D eigenvalue weighted by molar-refractivity contribution is 0.0819. The highest BCUT2D eigenvalue weighted by molar-refractivity contribution is 5.89. The molecule has 1 atom stereocenters. The van der Waals surface area contributed by atoms with Crippen LogP contribution in [0, 0.1) is 11.6 Å². The number of carbonyl (C=O) groups excluding carboxylic acids is 1. The topological polar surface area (TPSA) is 54.5 Å². The summed E-state index contributed by atoms with van der Waals surface area (Å²) >= 11 is 0. The van der Waals surface area contributed by atoms with Gasteiger partial charge in [-0.3, -0.25) is 4.98 Å². The average molecular weight is 347 g/mol. The zero-order valence-electron chi connectivity index (χ0n) is 13.6. The molecular weight excluding hydrogens is 328 g/mol. The molecular formula is C18H19F2N3O2. The minimum Gasteiger partial charge on any atom is -0.376 e. The van der Waals surface area contributed by atoms with Crippen molar-refractivity contribution in [3.63, 3.8) is 0 Å². The zero-order valence-corrected chi connectivity index (χ0v) is 13.6. The lowest BCUT2D eigenvalue weighted by Gasteiger charge is -2.26. The Bertz CT molecular complexity index is 722. The molecule has 25 heavy (non-hydrogen) atoms. The Labute approximate surface area is 144 Å². The largest absolute Gasteiger partial charge is 0.376 e. The standard InChI is InChI=1S/C18H19F2N3O2/c19-14-3-4-17(16(20)10-14)22-18(24)23(12-15-2-1-9-25-15)11-13-5-7-21-8-6-13/h3-8,10,15H,1-2,9,11-12H2,(H,22,24). The second-order valence-corrected chi connectivity index (χ2v) is 5.93. The van der Waals surface area contributed by atoms with Gasteiger partial charge in [0.05, 0.1) is 11.8 Å². The van der Waals surface area contributed by atoms with Crippen molar-refractivity contribution >= 4 is 11.7 Å². The fraction of sp³-hybridized carbons (Fsp3) is 0.333. The highest BCUT2D eigenvalue weighted by Crippen LogP contribution is 2.18. The van der Waals surface area contributed by atoms with Gasteiger partial charge in [-0.05, 0) is 42.7 Å². The second-order valence-electron chi connectivity index (χ2n) is 5.93. The molecule has 0 aliphatic carbocycles. The van der Waals surface area contributed by atoms with Crippen molar-refractivity contribution in [2.75, 3.05) is 18.5 Å². The first-order chi connectivity index (χ1) is 12.1. The molecule has 2 heterocycles. The third-order valence-corrected chi connectivity index (χ3v) is 4.03. The monoisotopic (exact) mass is 347 g/mol. The molecule has 132 valence electrons. The van der Waals surface area contributed by atoms with Crippen LogP contribution in [-0.4, -0.2) is 35.2 Å². The van der Waals surface area contributed by atoms with Gasteiger partial charge in [0, 0.05) is 38.2 Å². The molecule has 0 saturated carbocycles. The number of anilines is 1. The first kappa shape index (κ1) is 17.3. The number of ether oxygens (including phenoxy) is 1. The van der Waals surface area contributed by atoms with Crippen molar-refractivity contribution in [1.29, 1.82) is 0 Å². The molecule has 1 aliphatic heterocycles. The van der Waals surface area contributed by atoms with Crippen LogP contribution < -0.4 is 5.32 Å². The Morgan fingerprint density at radius 1 is 1.28 bits per heavy atom. The van der Waals surface area contributed by atoms with Crippen LogP contribution in [0.3, 0.4) is 0 Å². The Balaban J connectivity index is 1.73. The number of nitrogens with zero attached hydrogens (tertiary/aromatic N) is 2. The smallest absolute Gasteiger partial charge is 0.322 e. The van der Waals surface area contributed by atoms with E-state index in [1.807, 2.05) is 12.1 Å². The average Bonchev–Trinajstić information content (AvgIpc) is 3.11. The van der Waals surface area contributed by atoms with Crippen molar-refractivity contribution in [1.82, 2.24) is 9.88 Å².